The van der Waals surface area contributed by atoms with Crippen molar-refractivity contribution in [2.75, 3.05) is 44.7 Å². The molecule has 0 bridgehead atoms. The molecule has 1 heterocycles. The Hall–Kier alpha value is -1.59. The highest BCUT2D eigenvalue weighted by Crippen LogP contribution is 2.22. The molecule has 1 fully saturated rings. The molecule has 2 rings (SSSR count). The van der Waals surface area contributed by atoms with Gasteiger partial charge in [0.25, 0.3) is 0 Å². The summed E-state index contributed by atoms with van der Waals surface area (Å²) in [6.45, 7) is 5.94. The van der Waals surface area contributed by atoms with Gasteiger partial charge in [0.05, 0.1) is 6.61 Å². The number of aliphatic hydroxyl groups excluding tert-OH is 1. The summed E-state index contributed by atoms with van der Waals surface area (Å²) >= 11 is 0. The first-order valence-electron chi connectivity index (χ1n) is 7.00. The minimum Gasteiger partial charge on any atom is -0.464 e. The molecule has 5 heteroatoms. The second kappa shape index (κ2) is 6.72. The second-order valence-electron chi connectivity index (χ2n) is 5.04. The Morgan fingerprint density at radius 1 is 1.35 bits per heavy atom. The molecular weight excluding hydrogens is 256 g/mol. The van der Waals surface area contributed by atoms with Crippen LogP contribution in [0.4, 0.5) is 5.69 Å². The van der Waals surface area contributed by atoms with Crippen molar-refractivity contribution < 1.29 is 14.6 Å². The molecule has 1 aliphatic rings. The largest absolute Gasteiger partial charge is 0.464 e. The Labute approximate surface area is 119 Å². The third-order valence-corrected chi connectivity index (χ3v) is 3.56. The highest BCUT2D eigenvalue weighted by Gasteiger charge is 2.20. The molecule has 1 N–H and O–H groups in total. The number of rotatable bonds is 4. The number of ether oxygens (including phenoxy) is 1. The molecular formula is C15H22N2O3. The van der Waals surface area contributed by atoms with Crippen LogP contribution in [0, 0.1) is 0 Å². The van der Waals surface area contributed by atoms with Crippen molar-refractivity contribution in [2.24, 2.45) is 0 Å². The van der Waals surface area contributed by atoms with Crippen LogP contribution in [-0.4, -0.2) is 55.8 Å². The van der Waals surface area contributed by atoms with Gasteiger partial charge in [-0.3, -0.25) is 0 Å². The maximum absolute atomic E-state index is 11.6. The van der Waals surface area contributed by atoms with Crippen LogP contribution >= 0.6 is 0 Å². The molecule has 1 aromatic carbocycles. The highest BCUT2D eigenvalue weighted by molar-refractivity contribution is 5.76. The van der Waals surface area contributed by atoms with Gasteiger partial charge in [0, 0.05) is 31.9 Å². The molecule has 0 saturated carbocycles. The molecule has 1 unspecified atom stereocenters. The van der Waals surface area contributed by atoms with Gasteiger partial charge in [0.1, 0.15) is 0 Å². The lowest BCUT2D eigenvalue weighted by atomic mass is 10.1. The molecule has 0 aromatic heterocycles. The van der Waals surface area contributed by atoms with Crippen LogP contribution in [0.15, 0.2) is 24.3 Å². The van der Waals surface area contributed by atoms with Crippen molar-refractivity contribution in [3.05, 3.63) is 29.8 Å². The molecule has 1 aliphatic heterocycles. The molecule has 1 atom stereocenters. The Kier molecular flexibility index (Phi) is 4.98. The number of hydrogen-bond donors (Lipinski definition) is 1. The van der Waals surface area contributed by atoms with Crippen molar-refractivity contribution in [2.45, 2.75) is 13.0 Å². The fraction of sp³-hybridized carbons (Fsp3) is 0.533. The molecule has 5 nitrogen and oxygen atoms in total. The summed E-state index contributed by atoms with van der Waals surface area (Å²) < 4.78 is 4.85. The Balaban J connectivity index is 2.09. The SMILES string of the molecule is CCOC(=O)C(O)c1cccc(N2CCN(C)CC2)c1. The normalized spacial score (nSPS) is 17.9. The van der Waals surface area contributed by atoms with E-state index in [9.17, 15) is 9.90 Å². The van der Waals surface area contributed by atoms with E-state index in [4.69, 9.17) is 4.74 Å². The van der Waals surface area contributed by atoms with E-state index in [1.54, 1.807) is 13.0 Å². The minimum absolute atomic E-state index is 0.272. The lowest BCUT2D eigenvalue weighted by molar-refractivity contribution is -0.153. The molecule has 0 aliphatic carbocycles. The molecule has 1 aromatic rings. The van der Waals surface area contributed by atoms with Gasteiger partial charge in [-0.1, -0.05) is 12.1 Å². The van der Waals surface area contributed by atoms with Crippen LogP contribution in [0.2, 0.25) is 0 Å². The van der Waals surface area contributed by atoms with E-state index >= 15 is 0 Å². The summed E-state index contributed by atoms with van der Waals surface area (Å²) in [6, 6.07) is 7.49. The van der Waals surface area contributed by atoms with Gasteiger partial charge in [-0.2, -0.15) is 0 Å². The number of carbonyl (C=O) groups is 1. The summed E-state index contributed by atoms with van der Waals surface area (Å²) in [7, 11) is 2.11. The topological polar surface area (TPSA) is 53.0 Å². The van der Waals surface area contributed by atoms with E-state index in [2.05, 4.69) is 16.8 Å². The Morgan fingerprint density at radius 3 is 2.70 bits per heavy atom. The summed E-state index contributed by atoms with van der Waals surface area (Å²) in [4.78, 5) is 16.1. The quantitative estimate of drug-likeness (QED) is 0.834. The summed E-state index contributed by atoms with van der Waals surface area (Å²) in [6.07, 6.45) is -1.21. The van der Waals surface area contributed by atoms with Gasteiger partial charge < -0.3 is 19.6 Å². The van der Waals surface area contributed by atoms with Crippen molar-refractivity contribution in [3.63, 3.8) is 0 Å². The van der Waals surface area contributed by atoms with Crippen molar-refractivity contribution in [1.29, 1.82) is 0 Å². The predicted octanol–water partition coefficient (Wildman–Crippen LogP) is 1.03. The average molecular weight is 278 g/mol. The maximum atomic E-state index is 11.6. The van der Waals surface area contributed by atoms with Gasteiger partial charge in [-0.15, -0.1) is 0 Å². The Morgan fingerprint density at radius 2 is 2.05 bits per heavy atom. The zero-order valence-electron chi connectivity index (χ0n) is 12.1. The van der Waals surface area contributed by atoms with Gasteiger partial charge >= 0.3 is 5.97 Å². The molecule has 110 valence electrons. The minimum atomic E-state index is -1.21. The third kappa shape index (κ3) is 3.49. The molecule has 0 spiro atoms. The van der Waals surface area contributed by atoms with Crippen molar-refractivity contribution in [3.8, 4) is 0 Å². The lowest BCUT2D eigenvalue weighted by Crippen LogP contribution is -2.44. The standard InChI is InChI=1S/C15H22N2O3/c1-3-20-15(19)14(18)12-5-4-6-13(11-12)17-9-7-16(2)8-10-17/h4-6,11,14,18H,3,7-10H2,1-2H3. The fourth-order valence-corrected chi connectivity index (χ4v) is 2.31. The summed E-state index contributed by atoms with van der Waals surface area (Å²) in [5.74, 6) is -0.594. The predicted molar refractivity (Wildman–Crippen MR) is 77.7 cm³/mol. The number of anilines is 1. The monoisotopic (exact) mass is 278 g/mol. The molecule has 1 saturated heterocycles. The van der Waals surface area contributed by atoms with Crippen LogP contribution in [-0.2, 0) is 9.53 Å². The average Bonchev–Trinajstić information content (AvgIpc) is 2.47. The summed E-state index contributed by atoms with van der Waals surface area (Å²) in [5, 5.41) is 9.98. The van der Waals surface area contributed by atoms with Crippen LogP contribution in [0.1, 0.15) is 18.6 Å². The van der Waals surface area contributed by atoms with Gasteiger partial charge in [-0.05, 0) is 31.7 Å². The van der Waals surface area contributed by atoms with Gasteiger partial charge in [-0.25, -0.2) is 4.79 Å². The summed E-state index contributed by atoms with van der Waals surface area (Å²) in [5.41, 5.74) is 1.62. The van der Waals surface area contributed by atoms with E-state index in [1.807, 2.05) is 18.2 Å². The van der Waals surface area contributed by atoms with E-state index < -0.39 is 12.1 Å². The van der Waals surface area contributed by atoms with Crippen LogP contribution in [0.25, 0.3) is 0 Å². The third-order valence-electron chi connectivity index (χ3n) is 3.56. The van der Waals surface area contributed by atoms with E-state index in [0.29, 0.717) is 5.56 Å². The fourth-order valence-electron chi connectivity index (χ4n) is 2.31. The van der Waals surface area contributed by atoms with Gasteiger partial charge in [0.2, 0.25) is 0 Å². The Bertz CT molecular complexity index is 456. The number of piperazine rings is 1. The van der Waals surface area contributed by atoms with Crippen molar-refractivity contribution >= 4 is 11.7 Å². The lowest BCUT2D eigenvalue weighted by Gasteiger charge is -2.34. The zero-order valence-corrected chi connectivity index (χ0v) is 12.1. The number of carbonyl (C=O) groups excluding carboxylic acids is 1. The first-order valence-corrected chi connectivity index (χ1v) is 7.00. The molecule has 0 amide bonds. The first-order chi connectivity index (χ1) is 9.61. The van der Waals surface area contributed by atoms with E-state index in [0.717, 1.165) is 31.9 Å². The number of aliphatic hydroxyl groups is 1. The van der Waals surface area contributed by atoms with Crippen LogP contribution < -0.4 is 4.90 Å². The molecule has 0 radical (unpaired) electrons. The van der Waals surface area contributed by atoms with Crippen LogP contribution in [0.3, 0.4) is 0 Å². The number of esters is 1. The molecule has 20 heavy (non-hydrogen) atoms. The van der Waals surface area contributed by atoms with Crippen LogP contribution in [0.5, 0.6) is 0 Å². The van der Waals surface area contributed by atoms with E-state index in [1.165, 1.54) is 0 Å². The zero-order chi connectivity index (χ0) is 14.5. The smallest absolute Gasteiger partial charge is 0.339 e. The maximum Gasteiger partial charge on any atom is 0.339 e. The van der Waals surface area contributed by atoms with E-state index in [-0.39, 0.29) is 6.61 Å². The second-order valence-corrected chi connectivity index (χ2v) is 5.04. The number of hydrogen-bond acceptors (Lipinski definition) is 5. The number of nitrogens with zero attached hydrogens (tertiary/aromatic N) is 2. The number of likely N-dealkylation sites (N-methyl/N-ethyl adjacent to an activating group) is 1. The number of benzene rings is 1. The van der Waals surface area contributed by atoms with Gasteiger partial charge in [0.15, 0.2) is 6.10 Å². The van der Waals surface area contributed by atoms with Crippen molar-refractivity contribution in [1.82, 2.24) is 4.90 Å². The first kappa shape index (κ1) is 14.8. The highest BCUT2D eigenvalue weighted by atomic mass is 16.5.